The molecule has 0 radical (unpaired) electrons. The lowest BCUT2D eigenvalue weighted by Crippen LogP contribution is -2.34. The topological polar surface area (TPSA) is 112 Å². The summed E-state index contributed by atoms with van der Waals surface area (Å²) < 4.78 is 15.4. The van der Waals surface area contributed by atoms with Gasteiger partial charge in [0, 0.05) is 26.1 Å². The first-order valence-electron chi connectivity index (χ1n) is 7.44. The van der Waals surface area contributed by atoms with Gasteiger partial charge in [0.2, 0.25) is 5.91 Å². The van der Waals surface area contributed by atoms with Crippen LogP contribution in [0.4, 0.5) is 4.79 Å². The second-order valence-electron chi connectivity index (χ2n) is 5.54. The van der Waals surface area contributed by atoms with Gasteiger partial charge < -0.3 is 30.6 Å². The van der Waals surface area contributed by atoms with Crippen LogP contribution in [-0.2, 0) is 19.0 Å². The minimum absolute atomic E-state index is 0.101. The maximum atomic E-state index is 11.4. The molecule has 0 unspecified atom stereocenters. The van der Waals surface area contributed by atoms with E-state index in [0.29, 0.717) is 46.1 Å². The number of amides is 2. The van der Waals surface area contributed by atoms with E-state index in [0.717, 1.165) is 0 Å². The molecule has 0 aliphatic rings. The first-order chi connectivity index (χ1) is 10.3. The molecule has 0 aromatic rings. The summed E-state index contributed by atoms with van der Waals surface area (Å²) in [5.41, 5.74) is 4.74. The lowest BCUT2D eigenvalue weighted by molar-refractivity contribution is -0.122. The second kappa shape index (κ2) is 12.2. The van der Waals surface area contributed by atoms with E-state index >= 15 is 0 Å². The highest BCUT2D eigenvalue weighted by Gasteiger charge is 2.15. The molecule has 0 aromatic heterocycles. The lowest BCUT2D eigenvalue weighted by Gasteiger charge is -2.19. The Morgan fingerprint density at radius 1 is 0.955 bits per heavy atom. The first kappa shape index (κ1) is 20.6. The molecular formula is C14H29N3O5. The minimum Gasteiger partial charge on any atom is -0.444 e. The molecule has 0 saturated carbocycles. The van der Waals surface area contributed by atoms with Crippen molar-refractivity contribution in [3.63, 3.8) is 0 Å². The van der Waals surface area contributed by atoms with E-state index in [2.05, 4.69) is 10.6 Å². The summed E-state index contributed by atoms with van der Waals surface area (Å²) >= 11 is 0. The minimum atomic E-state index is -0.517. The molecule has 0 fully saturated rings. The summed E-state index contributed by atoms with van der Waals surface area (Å²) in [5.74, 6) is -0.101. The molecule has 0 heterocycles. The highest BCUT2D eigenvalue weighted by molar-refractivity contribution is 5.75. The highest BCUT2D eigenvalue weighted by Crippen LogP contribution is 2.05. The Kier molecular flexibility index (Phi) is 11.4. The Morgan fingerprint density at radius 3 is 2.14 bits per heavy atom. The summed E-state index contributed by atoms with van der Waals surface area (Å²) in [6.45, 7) is 8.21. The van der Waals surface area contributed by atoms with Gasteiger partial charge in [0.15, 0.2) is 0 Å². The highest BCUT2D eigenvalue weighted by atomic mass is 16.6. The number of hydrogen-bond acceptors (Lipinski definition) is 6. The van der Waals surface area contributed by atoms with Gasteiger partial charge in [-0.15, -0.1) is 0 Å². The van der Waals surface area contributed by atoms with E-state index in [4.69, 9.17) is 19.9 Å². The van der Waals surface area contributed by atoms with E-state index in [1.807, 2.05) is 0 Å². The molecule has 0 saturated heterocycles. The fourth-order valence-electron chi connectivity index (χ4n) is 1.34. The zero-order chi connectivity index (χ0) is 16.8. The van der Waals surface area contributed by atoms with E-state index in [1.165, 1.54) is 0 Å². The fraction of sp³-hybridized carbons (Fsp3) is 0.857. The van der Waals surface area contributed by atoms with Crippen LogP contribution in [0.5, 0.6) is 0 Å². The molecule has 4 N–H and O–H groups in total. The molecule has 8 nitrogen and oxygen atoms in total. The van der Waals surface area contributed by atoms with Crippen LogP contribution in [0.2, 0.25) is 0 Å². The molecule has 0 spiro atoms. The molecule has 0 aromatic carbocycles. The van der Waals surface area contributed by atoms with Gasteiger partial charge in [0.1, 0.15) is 5.60 Å². The van der Waals surface area contributed by atoms with Gasteiger partial charge in [-0.2, -0.15) is 0 Å². The molecule has 0 bridgehead atoms. The Bertz CT molecular complexity index is 318. The summed E-state index contributed by atoms with van der Waals surface area (Å²) in [5, 5.41) is 5.27. The quantitative estimate of drug-likeness (QED) is 0.463. The lowest BCUT2D eigenvalue weighted by atomic mass is 10.2. The van der Waals surface area contributed by atoms with Crippen molar-refractivity contribution in [3.05, 3.63) is 0 Å². The molecule has 0 aliphatic heterocycles. The van der Waals surface area contributed by atoms with Crippen LogP contribution >= 0.6 is 0 Å². The Balaban J connectivity index is 3.38. The van der Waals surface area contributed by atoms with Crippen molar-refractivity contribution >= 4 is 12.0 Å². The maximum Gasteiger partial charge on any atom is 0.407 e. The van der Waals surface area contributed by atoms with Gasteiger partial charge in [0.25, 0.3) is 0 Å². The van der Waals surface area contributed by atoms with Gasteiger partial charge in [0.05, 0.1) is 26.4 Å². The third kappa shape index (κ3) is 15.0. The smallest absolute Gasteiger partial charge is 0.407 e. The average Bonchev–Trinajstić information content (AvgIpc) is 2.40. The van der Waals surface area contributed by atoms with Gasteiger partial charge >= 0.3 is 6.09 Å². The van der Waals surface area contributed by atoms with Crippen molar-refractivity contribution in [3.8, 4) is 0 Å². The van der Waals surface area contributed by atoms with Gasteiger partial charge in [-0.3, -0.25) is 4.79 Å². The SMILES string of the molecule is CC(C)(C)OC(=O)NCCOCCC(=O)NCCOCCN. The van der Waals surface area contributed by atoms with Crippen LogP contribution in [0.3, 0.4) is 0 Å². The van der Waals surface area contributed by atoms with Crippen LogP contribution in [0.15, 0.2) is 0 Å². The number of nitrogens with two attached hydrogens (primary N) is 1. The summed E-state index contributed by atoms with van der Waals surface area (Å²) in [6, 6.07) is 0. The maximum absolute atomic E-state index is 11.4. The first-order valence-corrected chi connectivity index (χ1v) is 7.44. The Morgan fingerprint density at radius 2 is 1.55 bits per heavy atom. The molecule has 130 valence electrons. The molecule has 2 amide bonds. The van der Waals surface area contributed by atoms with Crippen molar-refractivity contribution in [1.29, 1.82) is 0 Å². The number of hydrogen-bond donors (Lipinski definition) is 3. The van der Waals surface area contributed by atoms with Crippen molar-refractivity contribution in [2.75, 3.05) is 46.1 Å². The zero-order valence-corrected chi connectivity index (χ0v) is 13.8. The second-order valence-corrected chi connectivity index (χ2v) is 5.54. The molecule has 22 heavy (non-hydrogen) atoms. The number of carbonyl (C=O) groups is 2. The van der Waals surface area contributed by atoms with Crippen molar-refractivity contribution < 1.29 is 23.8 Å². The number of rotatable bonds is 11. The number of alkyl carbamates (subject to hydrolysis) is 1. The van der Waals surface area contributed by atoms with Gasteiger partial charge in [-0.05, 0) is 20.8 Å². The summed E-state index contributed by atoms with van der Waals surface area (Å²) in [4.78, 5) is 22.7. The predicted molar refractivity (Wildman–Crippen MR) is 82.6 cm³/mol. The van der Waals surface area contributed by atoms with Crippen molar-refractivity contribution in [2.45, 2.75) is 32.8 Å². The van der Waals surface area contributed by atoms with Crippen molar-refractivity contribution in [2.24, 2.45) is 5.73 Å². The van der Waals surface area contributed by atoms with Gasteiger partial charge in [-0.25, -0.2) is 4.79 Å². The molecule has 0 aliphatic carbocycles. The Hall–Kier alpha value is -1.38. The summed E-state index contributed by atoms with van der Waals surface area (Å²) in [6.07, 6.45) is -0.213. The zero-order valence-electron chi connectivity index (χ0n) is 13.8. The largest absolute Gasteiger partial charge is 0.444 e. The van der Waals surface area contributed by atoms with Crippen LogP contribution in [0.1, 0.15) is 27.2 Å². The number of ether oxygens (including phenoxy) is 3. The van der Waals surface area contributed by atoms with Crippen molar-refractivity contribution in [1.82, 2.24) is 10.6 Å². The standard InChI is InChI=1S/C14H29N3O5/c1-14(2,3)22-13(19)17-7-11-20-8-4-12(18)16-6-10-21-9-5-15/h4-11,15H2,1-3H3,(H,16,18)(H,17,19). The Labute approximate surface area is 132 Å². The van der Waals surface area contributed by atoms with E-state index in [9.17, 15) is 9.59 Å². The number of carbonyl (C=O) groups excluding carboxylic acids is 2. The number of nitrogens with one attached hydrogen (secondary N) is 2. The van der Waals surface area contributed by atoms with Crippen LogP contribution < -0.4 is 16.4 Å². The normalized spacial score (nSPS) is 11.1. The third-order valence-electron chi connectivity index (χ3n) is 2.22. The van der Waals surface area contributed by atoms with E-state index in [-0.39, 0.29) is 12.3 Å². The monoisotopic (exact) mass is 319 g/mol. The predicted octanol–water partition coefficient (Wildman–Crippen LogP) is 0.00930. The van der Waals surface area contributed by atoms with E-state index < -0.39 is 11.7 Å². The van der Waals surface area contributed by atoms with E-state index in [1.54, 1.807) is 20.8 Å². The molecule has 0 atom stereocenters. The average molecular weight is 319 g/mol. The van der Waals surface area contributed by atoms with Crippen LogP contribution in [-0.4, -0.2) is 63.7 Å². The summed E-state index contributed by atoms with van der Waals surface area (Å²) in [7, 11) is 0. The van der Waals surface area contributed by atoms with Gasteiger partial charge in [-0.1, -0.05) is 0 Å². The molecule has 8 heteroatoms. The molecular weight excluding hydrogens is 290 g/mol. The van der Waals surface area contributed by atoms with Crippen LogP contribution in [0.25, 0.3) is 0 Å². The third-order valence-corrected chi connectivity index (χ3v) is 2.22. The molecule has 0 rings (SSSR count). The fourth-order valence-corrected chi connectivity index (χ4v) is 1.34. The van der Waals surface area contributed by atoms with Crippen LogP contribution in [0, 0.1) is 0 Å².